The average Bonchev–Trinajstić information content (AvgIpc) is 2.68. The van der Waals surface area contributed by atoms with Gasteiger partial charge < -0.3 is 9.64 Å². The van der Waals surface area contributed by atoms with E-state index >= 15 is 0 Å². The lowest BCUT2D eigenvalue weighted by atomic mass is 9.97. The number of piperidine rings is 1. The SMILES string of the molecule is CCc1nnc(N2CCC(OC3CCCCC3)CC2)c(C#N)c1CC. The minimum Gasteiger partial charge on any atom is -0.375 e. The molecule has 2 heterocycles. The summed E-state index contributed by atoms with van der Waals surface area (Å²) in [6.07, 6.45) is 10.9. The molecule has 3 rings (SSSR count). The van der Waals surface area contributed by atoms with Crippen molar-refractivity contribution in [3.63, 3.8) is 0 Å². The Hall–Kier alpha value is -1.67. The molecule has 1 aromatic heterocycles. The van der Waals surface area contributed by atoms with Gasteiger partial charge in [0.1, 0.15) is 11.6 Å². The Kier molecular flexibility index (Phi) is 6.25. The van der Waals surface area contributed by atoms with Gasteiger partial charge in [-0.05, 0) is 44.1 Å². The number of aryl methyl sites for hydroxylation is 1. The maximum Gasteiger partial charge on any atom is 0.169 e. The first-order valence-electron chi connectivity index (χ1n) is 9.95. The summed E-state index contributed by atoms with van der Waals surface area (Å²) in [5, 5.41) is 18.5. The average molecular weight is 342 g/mol. The van der Waals surface area contributed by atoms with Gasteiger partial charge in [-0.1, -0.05) is 33.1 Å². The molecule has 0 spiro atoms. The van der Waals surface area contributed by atoms with Gasteiger partial charge in [-0.15, -0.1) is 5.10 Å². The Morgan fingerprint density at radius 3 is 2.28 bits per heavy atom. The predicted molar refractivity (Wildman–Crippen MR) is 98.7 cm³/mol. The van der Waals surface area contributed by atoms with Crippen LogP contribution in [0.25, 0.3) is 0 Å². The Balaban J connectivity index is 1.65. The van der Waals surface area contributed by atoms with Gasteiger partial charge in [-0.25, -0.2) is 0 Å². The van der Waals surface area contributed by atoms with E-state index < -0.39 is 0 Å². The van der Waals surface area contributed by atoms with Crippen LogP contribution in [0.1, 0.15) is 75.6 Å². The molecule has 136 valence electrons. The van der Waals surface area contributed by atoms with Crippen LogP contribution in [0.2, 0.25) is 0 Å². The summed E-state index contributed by atoms with van der Waals surface area (Å²) in [5.41, 5.74) is 2.75. The maximum absolute atomic E-state index is 9.68. The highest BCUT2D eigenvalue weighted by Crippen LogP contribution is 2.28. The highest BCUT2D eigenvalue weighted by atomic mass is 16.5. The molecule has 0 amide bonds. The maximum atomic E-state index is 9.68. The zero-order chi connectivity index (χ0) is 17.6. The van der Waals surface area contributed by atoms with Crippen LogP contribution in [0.3, 0.4) is 0 Å². The molecule has 25 heavy (non-hydrogen) atoms. The molecule has 1 saturated carbocycles. The minimum atomic E-state index is 0.360. The van der Waals surface area contributed by atoms with Crippen molar-refractivity contribution in [2.45, 2.75) is 83.8 Å². The minimum absolute atomic E-state index is 0.360. The van der Waals surface area contributed by atoms with E-state index in [1.807, 2.05) is 0 Å². The van der Waals surface area contributed by atoms with Gasteiger partial charge in [0.05, 0.1) is 17.9 Å². The Morgan fingerprint density at radius 2 is 1.68 bits per heavy atom. The van der Waals surface area contributed by atoms with Crippen LogP contribution in [0, 0.1) is 11.3 Å². The monoisotopic (exact) mass is 342 g/mol. The van der Waals surface area contributed by atoms with E-state index in [1.54, 1.807) is 0 Å². The Labute approximate surface area is 151 Å². The highest BCUT2D eigenvalue weighted by Gasteiger charge is 2.27. The first-order valence-corrected chi connectivity index (χ1v) is 9.95. The number of hydrogen-bond acceptors (Lipinski definition) is 5. The van der Waals surface area contributed by atoms with Crippen LogP contribution in [0.4, 0.5) is 5.82 Å². The van der Waals surface area contributed by atoms with Crippen LogP contribution >= 0.6 is 0 Å². The summed E-state index contributed by atoms with van der Waals surface area (Å²) in [4.78, 5) is 2.23. The number of ether oxygens (including phenoxy) is 1. The van der Waals surface area contributed by atoms with Crippen LogP contribution in [-0.2, 0) is 17.6 Å². The van der Waals surface area contributed by atoms with Crippen LogP contribution in [0.15, 0.2) is 0 Å². The fourth-order valence-electron chi connectivity index (χ4n) is 4.18. The Bertz CT molecular complexity index is 611. The molecular weight excluding hydrogens is 312 g/mol. The molecule has 0 atom stereocenters. The molecular formula is C20H30N4O. The van der Waals surface area contributed by atoms with Gasteiger partial charge in [-0.3, -0.25) is 0 Å². The van der Waals surface area contributed by atoms with Crippen molar-refractivity contribution in [1.29, 1.82) is 5.26 Å². The van der Waals surface area contributed by atoms with Gasteiger partial charge in [0, 0.05) is 13.1 Å². The molecule has 0 unspecified atom stereocenters. The highest BCUT2D eigenvalue weighted by molar-refractivity contribution is 5.58. The molecule has 1 aromatic rings. The third kappa shape index (κ3) is 4.12. The van der Waals surface area contributed by atoms with Gasteiger partial charge in [-0.2, -0.15) is 10.4 Å². The van der Waals surface area contributed by atoms with Crippen molar-refractivity contribution in [1.82, 2.24) is 10.2 Å². The van der Waals surface area contributed by atoms with Crippen molar-refractivity contribution in [3.05, 3.63) is 16.8 Å². The predicted octanol–water partition coefficient (Wildman–Crippen LogP) is 3.79. The van der Waals surface area contributed by atoms with Crippen molar-refractivity contribution in [3.8, 4) is 6.07 Å². The Morgan fingerprint density at radius 1 is 1.00 bits per heavy atom. The summed E-state index contributed by atoms with van der Waals surface area (Å²) in [6, 6.07) is 2.39. The molecule has 5 heteroatoms. The molecule has 0 aromatic carbocycles. The summed E-state index contributed by atoms with van der Waals surface area (Å²) in [5.74, 6) is 0.771. The second-order valence-electron chi connectivity index (χ2n) is 7.23. The third-order valence-corrected chi connectivity index (χ3v) is 5.62. The van der Waals surface area contributed by atoms with E-state index in [0.29, 0.717) is 12.2 Å². The molecule has 2 aliphatic rings. The third-order valence-electron chi connectivity index (χ3n) is 5.62. The second kappa shape index (κ2) is 8.62. The lowest BCUT2D eigenvalue weighted by molar-refractivity contribution is -0.0395. The number of aromatic nitrogens is 2. The zero-order valence-corrected chi connectivity index (χ0v) is 15.6. The number of anilines is 1. The summed E-state index contributed by atoms with van der Waals surface area (Å²) in [6.45, 7) is 5.95. The topological polar surface area (TPSA) is 62.0 Å². The smallest absolute Gasteiger partial charge is 0.169 e. The fourth-order valence-corrected chi connectivity index (χ4v) is 4.18. The van der Waals surface area contributed by atoms with Gasteiger partial charge in [0.15, 0.2) is 5.82 Å². The van der Waals surface area contributed by atoms with Crippen molar-refractivity contribution >= 4 is 5.82 Å². The van der Waals surface area contributed by atoms with Crippen molar-refractivity contribution in [2.75, 3.05) is 18.0 Å². The quantitative estimate of drug-likeness (QED) is 0.814. The van der Waals surface area contributed by atoms with Gasteiger partial charge >= 0.3 is 0 Å². The fraction of sp³-hybridized carbons (Fsp3) is 0.750. The van der Waals surface area contributed by atoms with E-state index in [4.69, 9.17) is 4.74 Å². The molecule has 0 bridgehead atoms. The van der Waals surface area contributed by atoms with Gasteiger partial charge in [0.25, 0.3) is 0 Å². The molecule has 1 saturated heterocycles. The molecule has 5 nitrogen and oxygen atoms in total. The van der Waals surface area contributed by atoms with E-state index in [1.165, 1.54) is 32.1 Å². The van der Waals surface area contributed by atoms with E-state index in [-0.39, 0.29) is 0 Å². The molecule has 0 N–H and O–H groups in total. The number of rotatable bonds is 5. The standard InChI is InChI=1S/C20H30N4O/c1-3-17-18(14-21)20(23-22-19(17)4-2)24-12-10-16(11-13-24)25-15-8-6-5-7-9-15/h15-16H,3-13H2,1-2H3. The normalized spacial score (nSPS) is 19.8. The molecule has 2 fully saturated rings. The van der Waals surface area contributed by atoms with Gasteiger partial charge in [0.2, 0.25) is 0 Å². The van der Waals surface area contributed by atoms with E-state index in [2.05, 4.69) is 35.0 Å². The number of nitrogens with zero attached hydrogens (tertiary/aromatic N) is 4. The lowest BCUT2D eigenvalue weighted by Crippen LogP contribution is -2.40. The first kappa shape index (κ1) is 18.1. The molecule has 0 radical (unpaired) electrons. The summed E-state index contributed by atoms with van der Waals surface area (Å²) < 4.78 is 6.33. The number of nitriles is 1. The molecule has 1 aliphatic carbocycles. The molecule has 1 aliphatic heterocycles. The zero-order valence-electron chi connectivity index (χ0n) is 15.6. The first-order chi connectivity index (χ1) is 12.3. The van der Waals surface area contributed by atoms with Crippen molar-refractivity contribution in [2.24, 2.45) is 0 Å². The van der Waals surface area contributed by atoms with E-state index in [9.17, 15) is 5.26 Å². The van der Waals surface area contributed by atoms with Crippen LogP contribution < -0.4 is 4.90 Å². The summed E-state index contributed by atoms with van der Waals surface area (Å²) in [7, 11) is 0. The van der Waals surface area contributed by atoms with Crippen LogP contribution in [-0.4, -0.2) is 35.5 Å². The van der Waals surface area contributed by atoms with Crippen LogP contribution in [0.5, 0.6) is 0 Å². The van der Waals surface area contributed by atoms with Crippen molar-refractivity contribution < 1.29 is 4.74 Å². The lowest BCUT2D eigenvalue weighted by Gasteiger charge is -2.35. The summed E-state index contributed by atoms with van der Waals surface area (Å²) >= 11 is 0. The van der Waals surface area contributed by atoms with E-state index in [0.717, 1.165) is 61.4 Å². The largest absolute Gasteiger partial charge is 0.375 e. The second-order valence-corrected chi connectivity index (χ2v) is 7.23. The number of hydrogen-bond donors (Lipinski definition) is 0.